The Morgan fingerprint density at radius 2 is 1.79 bits per heavy atom. The molecule has 0 saturated heterocycles. The van der Waals surface area contributed by atoms with E-state index in [9.17, 15) is 17.2 Å². The fraction of sp³-hybridized carbons (Fsp3) is 0.348. The van der Waals surface area contributed by atoms with Gasteiger partial charge in [-0.05, 0) is 41.7 Å². The third kappa shape index (κ3) is 7.85. The minimum absolute atomic E-state index is 0.235. The molecule has 1 aromatic heterocycles. The molecule has 0 aliphatic rings. The average Bonchev–Trinajstić information content (AvgIpc) is 3.16. The number of aromatic nitrogens is 1. The van der Waals surface area contributed by atoms with E-state index in [-0.39, 0.29) is 17.5 Å². The highest BCUT2D eigenvalue weighted by Gasteiger charge is 2.24. The van der Waals surface area contributed by atoms with Gasteiger partial charge in [0.25, 0.3) is 0 Å². The first-order chi connectivity index (χ1) is 15.6. The number of thiazole rings is 1. The summed E-state index contributed by atoms with van der Waals surface area (Å²) in [5.74, 6) is -1.62. The third-order valence-corrected chi connectivity index (χ3v) is 6.65. The van der Waals surface area contributed by atoms with Gasteiger partial charge in [0.15, 0.2) is 5.13 Å². The molecule has 0 bridgehead atoms. The van der Waals surface area contributed by atoms with Crippen molar-refractivity contribution in [1.29, 1.82) is 0 Å². The molecule has 2 unspecified atom stereocenters. The van der Waals surface area contributed by atoms with Gasteiger partial charge in [-0.3, -0.25) is 4.72 Å². The molecule has 0 radical (unpaired) electrons. The Bertz CT molecular complexity index is 1160. The van der Waals surface area contributed by atoms with Gasteiger partial charge in [-0.25, -0.2) is 22.2 Å². The number of sulfonamides is 1. The van der Waals surface area contributed by atoms with E-state index < -0.39 is 27.7 Å². The van der Waals surface area contributed by atoms with Gasteiger partial charge in [-0.2, -0.15) is 0 Å². The van der Waals surface area contributed by atoms with Crippen LogP contribution in [0, 0.1) is 11.6 Å². The van der Waals surface area contributed by atoms with E-state index in [1.54, 1.807) is 5.38 Å². The standard InChI is InChI=1S/C23H28F2N4O2S2/c1-3-15-5-4-6-16(7-15)12-27-13-20(22-14-32-23(28-22)29-33(2,30)31)21(26)10-17-8-18(24)11-19(25)9-17/h4-9,11,14,20-21,27H,3,10,12-13,26H2,1-2H3,(H,28,29). The summed E-state index contributed by atoms with van der Waals surface area (Å²) in [6.45, 7) is 3.17. The number of nitrogens with one attached hydrogen (secondary N) is 2. The molecule has 0 aliphatic carbocycles. The molecule has 0 saturated carbocycles. The molecule has 178 valence electrons. The second kappa shape index (κ2) is 11.1. The lowest BCUT2D eigenvalue weighted by Gasteiger charge is -2.23. The van der Waals surface area contributed by atoms with E-state index in [4.69, 9.17) is 5.73 Å². The predicted molar refractivity (Wildman–Crippen MR) is 129 cm³/mol. The monoisotopic (exact) mass is 494 g/mol. The van der Waals surface area contributed by atoms with Crippen molar-refractivity contribution in [2.24, 2.45) is 5.73 Å². The second-order valence-corrected chi connectivity index (χ2v) is 10.6. The van der Waals surface area contributed by atoms with Gasteiger partial charge in [0.2, 0.25) is 10.0 Å². The second-order valence-electron chi connectivity index (χ2n) is 8.01. The van der Waals surface area contributed by atoms with Crippen molar-refractivity contribution in [3.63, 3.8) is 0 Å². The Morgan fingerprint density at radius 3 is 2.45 bits per heavy atom. The summed E-state index contributed by atoms with van der Waals surface area (Å²) >= 11 is 1.16. The summed E-state index contributed by atoms with van der Waals surface area (Å²) < 4.78 is 52.8. The quantitative estimate of drug-likeness (QED) is 0.377. The van der Waals surface area contributed by atoms with Crippen LogP contribution in [0.25, 0.3) is 0 Å². The smallest absolute Gasteiger partial charge is 0.231 e. The zero-order valence-corrected chi connectivity index (χ0v) is 20.1. The highest BCUT2D eigenvalue weighted by molar-refractivity contribution is 7.92. The number of nitrogens with two attached hydrogens (primary N) is 1. The van der Waals surface area contributed by atoms with Gasteiger partial charge < -0.3 is 11.1 Å². The molecular formula is C23H28F2N4O2S2. The van der Waals surface area contributed by atoms with Crippen LogP contribution in [0.4, 0.5) is 13.9 Å². The topological polar surface area (TPSA) is 97.1 Å². The maximum absolute atomic E-state index is 13.6. The van der Waals surface area contributed by atoms with Crippen LogP contribution in [0.2, 0.25) is 0 Å². The molecule has 10 heteroatoms. The van der Waals surface area contributed by atoms with E-state index in [1.165, 1.54) is 17.7 Å². The van der Waals surface area contributed by atoms with Crippen molar-refractivity contribution in [2.75, 3.05) is 17.5 Å². The molecule has 6 nitrogen and oxygen atoms in total. The number of nitrogens with zero attached hydrogens (tertiary/aromatic N) is 1. The average molecular weight is 495 g/mol. The third-order valence-electron chi connectivity index (χ3n) is 5.18. The van der Waals surface area contributed by atoms with Gasteiger partial charge in [-0.15, -0.1) is 11.3 Å². The van der Waals surface area contributed by atoms with E-state index in [1.807, 2.05) is 12.1 Å². The van der Waals surface area contributed by atoms with Crippen LogP contribution >= 0.6 is 11.3 Å². The summed E-state index contributed by atoms with van der Waals surface area (Å²) in [5.41, 5.74) is 9.92. The molecule has 4 N–H and O–H groups in total. The fourth-order valence-electron chi connectivity index (χ4n) is 3.61. The lowest BCUT2D eigenvalue weighted by Crippen LogP contribution is -2.37. The van der Waals surface area contributed by atoms with Crippen molar-refractivity contribution in [2.45, 2.75) is 38.3 Å². The lowest BCUT2D eigenvalue weighted by atomic mass is 9.91. The molecule has 2 atom stereocenters. The first-order valence-corrected chi connectivity index (χ1v) is 13.3. The number of benzene rings is 2. The Morgan fingerprint density at radius 1 is 1.09 bits per heavy atom. The van der Waals surface area contributed by atoms with Crippen molar-refractivity contribution >= 4 is 26.5 Å². The van der Waals surface area contributed by atoms with Crippen LogP contribution in [-0.2, 0) is 29.4 Å². The van der Waals surface area contributed by atoms with E-state index in [0.29, 0.717) is 24.3 Å². The van der Waals surface area contributed by atoms with Crippen molar-refractivity contribution in [3.8, 4) is 0 Å². The van der Waals surface area contributed by atoms with Crippen LogP contribution in [-0.4, -0.2) is 32.2 Å². The fourth-order valence-corrected chi connectivity index (χ4v) is 5.24. The number of hydrogen-bond donors (Lipinski definition) is 3. The molecule has 1 heterocycles. The Balaban J connectivity index is 1.77. The van der Waals surface area contributed by atoms with E-state index in [0.717, 1.165) is 35.6 Å². The van der Waals surface area contributed by atoms with Gasteiger partial charge in [-0.1, -0.05) is 31.2 Å². The largest absolute Gasteiger partial charge is 0.327 e. The maximum atomic E-state index is 13.6. The van der Waals surface area contributed by atoms with E-state index >= 15 is 0 Å². The molecular weight excluding hydrogens is 466 g/mol. The highest BCUT2D eigenvalue weighted by atomic mass is 32.2. The molecule has 2 aromatic carbocycles. The molecule has 3 rings (SSSR count). The SMILES string of the molecule is CCc1cccc(CNCC(c2csc(NS(C)(=O)=O)n2)C(N)Cc2cc(F)cc(F)c2)c1. The van der Waals surface area contributed by atoms with Gasteiger partial charge in [0, 0.05) is 36.5 Å². The Kier molecular flexibility index (Phi) is 8.52. The number of rotatable bonds is 11. The summed E-state index contributed by atoms with van der Waals surface area (Å²) in [6.07, 6.45) is 2.24. The highest BCUT2D eigenvalue weighted by Crippen LogP contribution is 2.26. The predicted octanol–water partition coefficient (Wildman–Crippen LogP) is 3.80. The first kappa shape index (κ1) is 25.2. The number of anilines is 1. The molecule has 0 spiro atoms. The molecule has 33 heavy (non-hydrogen) atoms. The van der Waals surface area contributed by atoms with Crippen molar-refractivity contribution in [3.05, 3.63) is 81.9 Å². The van der Waals surface area contributed by atoms with Gasteiger partial charge in [0.1, 0.15) is 11.6 Å². The Hall–Kier alpha value is -2.40. The van der Waals surface area contributed by atoms with Gasteiger partial charge >= 0.3 is 0 Å². The van der Waals surface area contributed by atoms with Crippen molar-refractivity contribution < 1.29 is 17.2 Å². The minimum atomic E-state index is -3.46. The zero-order valence-electron chi connectivity index (χ0n) is 18.5. The molecule has 0 aliphatic heterocycles. The van der Waals surface area contributed by atoms with Crippen LogP contribution in [0.5, 0.6) is 0 Å². The minimum Gasteiger partial charge on any atom is -0.327 e. The first-order valence-electron chi connectivity index (χ1n) is 10.5. The van der Waals surface area contributed by atoms with E-state index in [2.05, 4.69) is 34.1 Å². The maximum Gasteiger partial charge on any atom is 0.231 e. The lowest BCUT2D eigenvalue weighted by molar-refractivity contribution is 0.478. The normalized spacial score (nSPS) is 13.6. The van der Waals surface area contributed by atoms with Gasteiger partial charge in [0.05, 0.1) is 11.9 Å². The molecule has 0 amide bonds. The summed E-state index contributed by atoms with van der Waals surface area (Å²) in [4.78, 5) is 4.41. The number of hydrogen-bond acceptors (Lipinski definition) is 6. The van der Waals surface area contributed by atoms with Crippen LogP contribution in [0.3, 0.4) is 0 Å². The van der Waals surface area contributed by atoms with Crippen LogP contribution in [0.15, 0.2) is 47.8 Å². The van der Waals surface area contributed by atoms with Crippen molar-refractivity contribution in [1.82, 2.24) is 10.3 Å². The van der Waals surface area contributed by atoms with Crippen LogP contribution in [0.1, 0.15) is 35.2 Å². The number of aryl methyl sites for hydroxylation is 1. The summed E-state index contributed by atoms with van der Waals surface area (Å²) in [5, 5.41) is 5.40. The number of halogens is 2. The molecule has 3 aromatic rings. The zero-order chi connectivity index (χ0) is 24.0. The Labute approximate surface area is 197 Å². The summed E-state index contributed by atoms with van der Waals surface area (Å²) in [6, 6.07) is 11.1. The van der Waals surface area contributed by atoms with Crippen LogP contribution < -0.4 is 15.8 Å². The molecule has 0 fully saturated rings. The summed E-state index contributed by atoms with van der Waals surface area (Å²) in [7, 11) is -3.46.